The smallest absolute Gasteiger partial charge is 0.328 e. The molecule has 4 unspecified atom stereocenters. The van der Waals surface area contributed by atoms with E-state index in [1.807, 2.05) is 13.8 Å². The molecule has 0 aromatic rings. The van der Waals surface area contributed by atoms with E-state index in [1.54, 1.807) is 13.8 Å². The van der Waals surface area contributed by atoms with Crippen LogP contribution in [0.1, 0.15) is 47.0 Å². The highest BCUT2D eigenvalue weighted by Crippen LogP contribution is 2.10. The van der Waals surface area contributed by atoms with E-state index in [2.05, 4.69) is 21.3 Å². The second-order valence-corrected chi connectivity index (χ2v) is 8.15. The number of aliphatic hydroxyl groups is 1. The van der Waals surface area contributed by atoms with Gasteiger partial charge in [-0.25, -0.2) is 4.79 Å². The van der Waals surface area contributed by atoms with Crippen molar-refractivity contribution in [1.29, 1.82) is 0 Å². The van der Waals surface area contributed by atoms with Gasteiger partial charge in [0.25, 0.3) is 0 Å². The summed E-state index contributed by atoms with van der Waals surface area (Å²) in [6.45, 7) is 7.29. The third kappa shape index (κ3) is 7.98. The van der Waals surface area contributed by atoms with Gasteiger partial charge in [-0.05, 0) is 37.6 Å². The molecule has 0 saturated carbocycles. The monoisotopic (exact) mass is 414 g/mol. The molecule has 10 heteroatoms. The molecule has 0 spiro atoms. The zero-order chi connectivity index (χ0) is 22.1. The first-order chi connectivity index (χ1) is 13.6. The largest absolute Gasteiger partial charge is 0.480 e. The first-order valence-electron chi connectivity index (χ1n) is 10.0. The molecular formula is C19H34N4O6. The summed E-state index contributed by atoms with van der Waals surface area (Å²) >= 11 is 0. The van der Waals surface area contributed by atoms with E-state index in [0.29, 0.717) is 6.42 Å². The molecule has 1 fully saturated rings. The third-order valence-electron chi connectivity index (χ3n) is 4.76. The van der Waals surface area contributed by atoms with E-state index in [9.17, 15) is 19.2 Å². The first kappa shape index (κ1) is 24.8. The van der Waals surface area contributed by atoms with Gasteiger partial charge in [0.15, 0.2) is 0 Å². The van der Waals surface area contributed by atoms with Gasteiger partial charge in [-0.15, -0.1) is 0 Å². The zero-order valence-corrected chi connectivity index (χ0v) is 17.5. The summed E-state index contributed by atoms with van der Waals surface area (Å²) in [7, 11) is 0. The molecule has 0 aliphatic carbocycles. The SMILES string of the molecule is CC(C)CC(NC(=O)C(NC(=O)C1CCCN1)C(C)C)C(=O)NC(CO)C(=O)O. The van der Waals surface area contributed by atoms with E-state index in [1.165, 1.54) is 0 Å². The molecule has 3 amide bonds. The molecule has 1 aliphatic heterocycles. The molecule has 0 aromatic heterocycles. The van der Waals surface area contributed by atoms with Crippen LogP contribution in [0.25, 0.3) is 0 Å². The number of hydrogen-bond donors (Lipinski definition) is 6. The maximum absolute atomic E-state index is 12.8. The molecule has 1 aliphatic rings. The second kappa shape index (κ2) is 11.7. The molecule has 1 saturated heterocycles. The van der Waals surface area contributed by atoms with Gasteiger partial charge in [-0.3, -0.25) is 14.4 Å². The van der Waals surface area contributed by atoms with Crippen LogP contribution in [0.5, 0.6) is 0 Å². The van der Waals surface area contributed by atoms with Crippen LogP contribution < -0.4 is 21.3 Å². The maximum atomic E-state index is 12.8. The number of carboxylic acids is 1. The van der Waals surface area contributed by atoms with Gasteiger partial charge >= 0.3 is 5.97 Å². The van der Waals surface area contributed by atoms with Gasteiger partial charge in [-0.1, -0.05) is 27.7 Å². The molecule has 0 bridgehead atoms. The first-order valence-corrected chi connectivity index (χ1v) is 10.0. The Morgan fingerprint density at radius 2 is 1.62 bits per heavy atom. The molecule has 6 N–H and O–H groups in total. The summed E-state index contributed by atoms with van der Waals surface area (Å²) in [5, 5.41) is 28.8. The molecule has 1 rings (SSSR count). The molecule has 0 radical (unpaired) electrons. The van der Waals surface area contributed by atoms with Gasteiger partial charge in [0.05, 0.1) is 12.6 Å². The number of hydrogen-bond acceptors (Lipinski definition) is 6. The molecule has 1 heterocycles. The number of aliphatic hydroxyl groups excluding tert-OH is 1. The number of carbonyl (C=O) groups is 4. The quantitative estimate of drug-likeness (QED) is 0.252. The lowest BCUT2D eigenvalue weighted by molar-refractivity contribution is -0.143. The zero-order valence-electron chi connectivity index (χ0n) is 17.5. The fourth-order valence-electron chi connectivity index (χ4n) is 3.12. The Labute approximate surface area is 171 Å². The fourth-order valence-corrected chi connectivity index (χ4v) is 3.12. The lowest BCUT2D eigenvalue weighted by atomic mass is 9.99. The highest BCUT2D eigenvalue weighted by atomic mass is 16.4. The van der Waals surface area contributed by atoms with Gasteiger partial charge in [-0.2, -0.15) is 0 Å². The van der Waals surface area contributed by atoms with Crippen LogP contribution >= 0.6 is 0 Å². The van der Waals surface area contributed by atoms with Crippen LogP contribution in [-0.4, -0.2) is 71.2 Å². The number of amides is 3. The van der Waals surface area contributed by atoms with Crippen molar-refractivity contribution in [3.8, 4) is 0 Å². The van der Waals surface area contributed by atoms with Crippen molar-refractivity contribution in [2.75, 3.05) is 13.2 Å². The summed E-state index contributed by atoms with van der Waals surface area (Å²) in [5.41, 5.74) is 0. The molecular weight excluding hydrogens is 380 g/mol. The Hall–Kier alpha value is -2.20. The lowest BCUT2D eigenvalue weighted by Crippen LogP contribution is -2.58. The Morgan fingerprint density at radius 1 is 1.00 bits per heavy atom. The average Bonchev–Trinajstić information content (AvgIpc) is 3.16. The fraction of sp³-hybridized carbons (Fsp3) is 0.789. The van der Waals surface area contributed by atoms with Crippen LogP contribution in [0.2, 0.25) is 0 Å². The Morgan fingerprint density at radius 3 is 2.07 bits per heavy atom. The van der Waals surface area contributed by atoms with Crippen LogP contribution in [-0.2, 0) is 19.2 Å². The van der Waals surface area contributed by atoms with Crippen molar-refractivity contribution in [3.05, 3.63) is 0 Å². The Kier molecular flexibility index (Phi) is 10.0. The lowest BCUT2D eigenvalue weighted by Gasteiger charge is -2.27. The predicted octanol–water partition coefficient (Wildman–Crippen LogP) is -1.03. The summed E-state index contributed by atoms with van der Waals surface area (Å²) in [6.07, 6.45) is 1.87. The van der Waals surface area contributed by atoms with Gasteiger partial charge in [0.2, 0.25) is 17.7 Å². The minimum Gasteiger partial charge on any atom is -0.480 e. The Balaban J connectivity index is 2.84. The van der Waals surface area contributed by atoms with E-state index >= 15 is 0 Å². The molecule has 10 nitrogen and oxygen atoms in total. The second-order valence-electron chi connectivity index (χ2n) is 8.15. The summed E-state index contributed by atoms with van der Waals surface area (Å²) < 4.78 is 0. The standard InChI is InChI=1S/C19H34N4O6/c1-10(2)8-13(17(26)22-14(9-24)19(28)29)21-18(27)15(11(3)4)23-16(25)12-6-5-7-20-12/h10-15,20,24H,5-9H2,1-4H3,(H,21,27)(H,22,26)(H,23,25)(H,28,29). The number of rotatable bonds is 11. The van der Waals surface area contributed by atoms with E-state index in [0.717, 1.165) is 13.0 Å². The molecule has 4 atom stereocenters. The number of nitrogens with one attached hydrogen (secondary N) is 4. The number of carbonyl (C=O) groups excluding carboxylic acids is 3. The van der Waals surface area contributed by atoms with Crippen molar-refractivity contribution < 1.29 is 29.4 Å². The van der Waals surface area contributed by atoms with Crippen LogP contribution in [0.15, 0.2) is 0 Å². The third-order valence-corrected chi connectivity index (χ3v) is 4.76. The van der Waals surface area contributed by atoms with Crippen molar-refractivity contribution in [3.63, 3.8) is 0 Å². The highest BCUT2D eigenvalue weighted by Gasteiger charge is 2.32. The summed E-state index contributed by atoms with van der Waals surface area (Å²) in [4.78, 5) is 48.8. The minimum absolute atomic E-state index is 0.0400. The number of aliphatic carboxylic acids is 1. The van der Waals surface area contributed by atoms with Gasteiger partial charge in [0, 0.05) is 0 Å². The van der Waals surface area contributed by atoms with Crippen molar-refractivity contribution in [1.82, 2.24) is 21.3 Å². The van der Waals surface area contributed by atoms with Crippen LogP contribution in [0, 0.1) is 11.8 Å². The van der Waals surface area contributed by atoms with Crippen molar-refractivity contribution >= 4 is 23.7 Å². The Bertz CT molecular complexity index is 589. The molecule has 29 heavy (non-hydrogen) atoms. The van der Waals surface area contributed by atoms with Crippen molar-refractivity contribution in [2.45, 2.75) is 71.1 Å². The van der Waals surface area contributed by atoms with Crippen LogP contribution in [0.4, 0.5) is 0 Å². The van der Waals surface area contributed by atoms with E-state index in [-0.39, 0.29) is 30.2 Å². The summed E-state index contributed by atoms with van der Waals surface area (Å²) in [5.74, 6) is -3.01. The minimum atomic E-state index is -1.46. The number of carboxylic acid groups (broad SMARTS) is 1. The average molecular weight is 415 g/mol. The van der Waals surface area contributed by atoms with Crippen molar-refractivity contribution in [2.24, 2.45) is 11.8 Å². The topological polar surface area (TPSA) is 157 Å². The van der Waals surface area contributed by atoms with E-state index < -0.39 is 42.5 Å². The van der Waals surface area contributed by atoms with Gasteiger partial charge in [0.1, 0.15) is 18.1 Å². The predicted molar refractivity (Wildman–Crippen MR) is 106 cm³/mol. The van der Waals surface area contributed by atoms with Crippen LogP contribution in [0.3, 0.4) is 0 Å². The molecule has 0 aromatic carbocycles. The summed E-state index contributed by atoms with van der Waals surface area (Å²) in [6, 6.07) is -3.61. The van der Waals surface area contributed by atoms with Gasteiger partial charge < -0.3 is 31.5 Å². The molecule has 166 valence electrons. The normalized spacial score (nSPS) is 19.5. The van der Waals surface area contributed by atoms with E-state index in [4.69, 9.17) is 10.2 Å². The highest BCUT2D eigenvalue weighted by molar-refractivity contribution is 5.94. The maximum Gasteiger partial charge on any atom is 0.328 e.